The normalized spacial score (nSPS) is 26.0. The van der Waals surface area contributed by atoms with Crippen molar-refractivity contribution in [3.63, 3.8) is 0 Å². The molecule has 8 nitrogen and oxygen atoms in total. The summed E-state index contributed by atoms with van der Waals surface area (Å²) in [6.45, 7) is 2.95. The summed E-state index contributed by atoms with van der Waals surface area (Å²) < 4.78 is 43.0. The molecule has 3 aliphatic rings. The maximum absolute atomic E-state index is 14.4. The highest BCUT2D eigenvalue weighted by molar-refractivity contribution is 5.67. The number of hydrogen-bond acceptors (Lipinski definition) is 6. The van der Waals surface area contributed by atoms with E-state index in [0.717, 1.165) is 35.5 Å². The van der Waals surface area contributed by atoms with Crippen LogP contribution in [0.4, 0.5) is 8.78 Å². The van der Waals surface area contributed by atoms with Crippen LogP contribution >= 0.6 is 0 Å². The lowest BCUT2D eigenvalue weighted by Gasteiger charge is -2.26. The highest BCUT2D eigenvalue weighted by Gasteiger charge is 2.27. The first kappa shape index (κ1) is 21.3. The Hall–Kier alpha value is -2.56. The minimum atomic E-state index is -0.868. The molecule has 5 heterocycles. The monoisotopic (exact) mass is 446 g/mol. The average molecular weight is 447 g/mol. The van der Waals surface area contributed by atoms with Gasteiger partial charge in [-0.25, -0.2) is 13.5 Å². The third-order valence-corrected chi connectivity index (χ3v) is 6.34. The number of piperidine rings is 1. The third-order valence-electron chi connectivity index (χ3n) is 6.34. The fourth-order valence-electron chi connectivity index (χ4n) is 4.60. The van der Waals surface area contributed by atoms with Gasteiger partial charge in [0, 0.05) is 62.1 Å². The molecule has 1 saturated heterocycles. The van der Waals surface area contributed by atoms with Gasteiger partial charge in [-0.05, 0) is 19.4 Å². The Balaban J connectivity index is 1.46. The molecular weight excluding hydrogens is 418 g/mol. The summed E-state index contributed by atoms with van der Waals surface area (Å²) in [7, 11) is 1.45. The van der Waals surface area contributed by atoms with Crippen molar-refractivity contribution in [2.75, 3.05) is 33.4 Å². The van der Waals surface area contributed by atoms with E-state index in [4.69, 9.17) is 14.6 Å². The molecule has 1 fully saturated rings. The first-order valence-electron chi connectivity index (χ1n) is 11.1. The van der Waals surface area contributed by atoms with E-state index < -0.39 is 18.2 Å². The Morgan fingerprint density at radius 1 is 1.31 bits per heavy atom. The molecule has 0 saturated carbocycles. The Morgan fingerprint density at radius 3 is 3.00 bits per heavy atom. The van der Waals surface area contributed by atoms with E-state index in [1.807, 2.05) is 6.20 Å². The van der Waals surface area contributed by atoms with Crippen molar-refractivity contribution in [3.8, 4) is 11.3 Å². The zero-order chi connectivity index (χ0) is 22.1. The van der Waals surface area contributed by atoms with Crippen LogP contribution in [0.2, 0.25) is 0 Å². The van der Waals surface area contributed by atoms with Crippen molar-refractivity contribution in [3.05, 3.63) is 41.8 Å². The van der Waals surface area contributed by atoms with E-state index in [2.05, 4.69) is 15.7 Å². The van der Waals surface area contributed by atoms with Gasteiger partial charge in [0.05, 0.1) is 36.5 Å². The lowest BCUT2D eigenvalue weighted by molar-refractivity contribution is 0.0947. The predicted molar refractivity (Wildman–Crippen MR) is 115 cm³/mol. The van der Waals surface area contributed by atoms with E-state index in [0.29, 0.717) is 44.8 Å². The number of nitrogens with one attached hydrogen (secondary N) is 2. The van der Waals surface area contributed by atoms with E-state index >= 15 is 0 Å². The second-order valence-electron chi connectivity index (χ2n) is 8.40. The number of methoxy groups -OCH3 is 1. The summed E-state index contributed by atoms with van der Waals surface area (Å²) in [4.78, 5) is 0. The van der Waals surface area contributed by atoms with E-state index in [-0.39, 0.29) is 5.92 Å². The molecule has 0 amide bonds. The van der Waals surface area contributed by atoms with Crippen LogP contribution in [0.15, 0.2) is 30.5 Å². The molecule has 172 valence electrons. The van der Waals surface area contributed by atoms with Gasteiger partial charge in [-0.3, -0.25) is 4.68 Å². The smallest absolute Gasteiger partial charge is 0.179 e. The van der Waals surface area contributed by atoms with Crippen molar-refractivity contribution in [2.24, 2.45) is 5.92 Å². The maximum atomic E-state index is 14.4. The van der Waals surface area contributed by atoms with Crippen LogP contribution in [-0.4, -0.2) is 65.4 Å². The Bertz CT molecular complexity index is 1030. The zero-order valence-electron chi connectivity index (χ0n) is 18.1. The molecule has 0 aliphatic carbocycles. The number of allylic oxidation sites excluding steroid dienone is 2. The number of rotatable bonds is 5. The summed E-state index contributed by atoms with van der Waals surface area (Å²) in [6, 6.07) is 0. The summed E-state index contributed by atoms with van der Waals surface area (Å²) >= 11 is 0. The average Bonchev–Trinajstić information content (AvgIpc) is 3.32. The van der Waals surface area contributed by atoms with Gasteiger partial charge in [0.15, 0.2) is 12.1 Å². The van der Waals surface area contributed by atoms with Crippen molar-refractivity contribution in [1.29, 1.82) is 0 Å². The van der Waals surface area contributed by atoms with Crippen LogP contribution in [-0.2, 0) is 28.9 Å². The third kappa shape index (κ3) is 4.10. The topological polar surface area (TPSA) is 78.2 Å². The van der Waals surface area contributed by atoms with Crippen molar-refractivity contribution >= 4 is 5.70 Å². The number of ether oxygens (including phenoxy) is 2. The van der Waals surface area contributed by atoms with Crippen LogP contribution in [0, 0.1) is 5.92 Å². The Labute approximate surface area is 185 Å². The van der Waals surface area contributed by atoms with Crippen LogP contribution in [0.25, 0.3) is 17.0 Å². The molecule has 10 heteroatoms. The van der Waals surface area contributed by atoms with Gasteiger partial charge in [-0.2, -0.15) is 10.2 Å². The number of nitrogens with zero attached hydrogens (tertiary/aromatic N) is 4. The van der Waals surface area contributed by atoms with E-state index in [9.17, 15) is 8.78 Å². The van der Waals surface area contributed by atoms with Crippen LogP contribution < -0.4 is 10.6 Å². The van der Waals surface area contributed by atoms with Gasteiger partial charge in [0.25, 0.3) is 0 Å². The number of halogens is 2. The van der Waals surface area contributed by atoms with E-state index in [1.54, 1.807) is 21.8 Å². The number of aromatic nitrogens is 4. The summed E-state index contributed by atoms with van der Waals surface area (Å²) in [5, 5.41) is 15.3. The molecule has 2 aromatic rings. The van der Waals surface area contributed by atoms with E-state index in [1.165, 1.54) is 13.2 Å². The van der Waals surface area contributed by atoms with Gasteiger partial charge in [-0.1, -0.05) is 0 Å². The van der Waals surface area contributed by atoms with Gasteiger partial charge >= 0.3 is 0 Å². The summed E-state index contributed by atoms with van der Waals surface area (Å²) in [5.74, 6) is -0.455. The van der Waals surface area contributed by atoms with Crippen LogP contribution in [0.5, 0.6) is 0 Å². The largest absolute Gasteiger partial charge is 0.381 e. The number of hydrogen-bond donors (Lipinski definition) is 2. The number of dihydropyridines is 1. The SMILES string of the molecule is COC1NC=C(n2nc(-c3cnn(CC4CCNCC4F)c3)c3c2CCOCC3)C=C1F. The Morgan fingerprint density at radius 2 is 2.19 bits per heavy atom. The second kappa shape index (κ2) is 9.13. The highest BCUT2D eigenvalue weighted by atomic mass is 19.1. The lowest BCUT2D eigenvalue weighted by atomic mass is 9.96. The molecule has 3 unspecified atom stereocenters. The minimum absolute atomic E-state index is 0.0487. The van der Waals surface area contributed by atoms with Crippen LogP contribution in [0.1, 0.15) is 17.7 Å². The molecule has 32 heavy (non-hydrogen) atoms. The fraction of sp³-hybridized carbons (Fsp3) is 0.545. The predicted octanol–water partition coefficient (Wildman–Crippen LogP) is 2.04. The van der Waals surface area contributed by atoms with Gasteiger partial charge in [0.2, 0.25) is 0 Å². The van der Waals surface area contributed by atoms with Gasteiger partial charge in [0.1, 0.15) is 6.17 Å². The van der Waals surface area contributed by atoms with Crippen LogP contribution in [0.3, 0.4) is 0 Å². The van der Waals surface area contributed by atoms with Crippen molar-refractivity contribution in [1.82, 2.24) is 30.2 Å². The number of fused-ring (bicyclic) bond motifs is 1. The summed E-state index contributed by atoms with van der Waals surface area (Å²) in [6.07, 6.45) is 7.38. The standard InChI is InChI=1S/C22H28F2N6O2/c1-31-22-18(23)8-16(10-26-22)30-20-4-7-32-6-3-17(20)21(28-30)15-9-27-29(13-15)12-14-2-5-25-11-19(14)24/h8-10,13-14,19,22,25-26H,2-7,11-12H2,1H3. The molecule has 3 atom stereocenters. The molecule has 5 rings (SSSR count). The molecule has 3 aliphatic heterocycles. The zero-order valence-corrected chi connectivity index (χ0v) is 18.1. The first-order chi connectivity index (χ1) is 15.6. The molecule has 0 spiro atoms. The Kier molecular flexibility index (Phi) is 6.07. The molecule has 0 bridgehead atoms. The minimum Gasteiger partial charge on any atom is -0.381 e. The lowest BCUT2D eigenvalue weighted by Crippen LogP contribution is -2.39. The quantitative estimate of drug-likeness (QED) is 0.732. The fourth-order valence-corrected chi connectivity index (χ4v) is 4.60. The second-order valence-corrected chi connectivity index (χ2v) is 8.40. The molecule has 0 aromatic carbocycles. The summed E-state index contributed by atoms with van der Waals surface area (Å²) in [5.41, 5.74) is 4.36. The van der Waals surface area contributed by atoms with Crippen molar-refractivity contribution in [2.45, 2.75) is 38.2 Å². The molecular formula is C22H28F2N6O2. The molecule has 2 N–H and O–H groups in total. The molecule has 0 radical (unpaired) electrons. The van der Waals surface area contributed by atoms with Gasteiger partial charge < -0.3 is 20.1 Å². The molecule has 2 aromatic heterocycles. The first-order valence-corrected chi connectivity index (χ1v) is 11.1. The number of alkyl halides is 1. The van der Waals surface area contributed by atoms with Gasteiger partial charge in [-0.15, -0.1) is 0 Å². The highest BCUT2D eigenvalue weighted by Crippen LogP contribution is 2.31. The maximum Gasteiger partial charge on any atom is 0.179 e. The van der Waals surface area contributed by atoms with Crippen molar-refractivity contribution < 1.29 is 18.3 Å².